The van der Waals surface area contributed by atoms with E-state index in [-0.39, 0.29) is 5.56 Å². The average Bonchev–Trinajstić information content (AvgIpc) is 2.44. The molecule has 0 saturated carbocycles. The Morgan fingerprint density at radius 1 is 1.11 bits per heavy atom. The van der Waals surface area contributed by atoms with Crippen molar-refractivity contribution in [1.29, 1.82) is 0 Å². The summed E-state index contributed by atoms with van der Waals surface area (Å²) in [6, 6.07) is 13.0. The van der Waals surface area contributed by atoms with Gasteiger partial charge in [-0.2, -0.15) is 0 Å². The topological polar surface area (TPSA) is 60.9 Å². The van der Waals surface area contributed by atoms with E-state index in [1.54, 1.807) is 18.5 Å². The molecule has 18 heavy (non-hydrogen) atoms. The molecule has 1 aromatic carbocycles. The fourth-order valence-electron chi connectivity index (χ4n) is 2.01. The Morgan fingerprint density at radius 3 is 2.67 bits per heavy atom. The first-order valence-electron chi connectivity index (χ1n) is 5.57. The third-order valence-corrected chi connectivity index (χ3v) is 2.92. The van der Waals surface area contributed by atoms with Crippen LogP contribution in [0.1, 0.15) is 0 Å². The second-order valence-corrected chi connectivity index (χ2v) is 4.03. The lowest BCUT2D eigenvalue weighted by atomic mass is 10.1. The summed E-state index contributed by atoms with van der Waals surface area (Å²) in [5.74, 6) is 5.83. The first-order valence-corrected chi connectivity index (χ1v) is 5.57. The van der Waals surface area contributed by atoms with Gasteiger partial charge in [-0.05, 0) is 17.7 Å². The molecule has 3 rings (SSSR count). The van der Waals surface area contributed by atoms with E-state index >= 15 is 0 Å². The van der Waals surface area contributed by atoms with Crippen LogP contribution < -0.4 is 11.4 Å². The Balaban J connectivity index is 2.38. The average molecular weight is 237 g/mol. The van der Waals surface area contributed by atoms with Crippen molar-refractivity contribution in [3.05, 3.63) is 65.2 Å². The summed E-state index contributed by atoms with van der Waals surface area (Å²) in [7, 11) is 0. The molecule has 0 fully saturated rings. The van der Waals surface area contributed by atoms with Crippen molar-refractivity contribution in [2.75, 3.05) is 5.84 Å². The van der Waals surface area contributed by atoms with Gasteiger partial charge >= 0.3 is 0 Å². The van der Waals surface area contributed by atoms with Gasteiger partial charge in [-0.25, -0.2) is 4.68 Å². The summed E-state index contributed by atoms with van der Waals surface area (Å²) in [6.45, 7) is 0. The van der Waals surface area contributed by atoms with E-state index in [1.165, 1.54) is 4.68 Å². The number of pyridine rings is 2. The van der Waals surface area contributed by atoms with Crippen molar-refractivity contribution >= 4 is 10.9 Å². The van der Waals surface area contributed by atoms with Crippen molar-refractivity contribution in [2.24, 2.45) is 0 Å². The fraction of sp³-hybridized carbons (Fsp3) is 0. The minimum atomic E-state index is -0.208. The van der Waals surface area contributed by atoms with Crippen molar-refractivity contribution in [2.45, 2.75) is 0 Å². The largest absolute Gasteiger partial charge is 0.336 e. The van der Waals surface area contributed by atoms with Crippen LogP contribution in [0.15, 0.2) is 59.7 Å². The standard InChI is InChI=1S/C14H11N3O/c15-17-13-6-7-16-9-11(13)8-12(14(17)18)10-4-2-1-3-5-10/h1-9H,15H2. The molecule has 88 valence electrons. The number of hydrogen-bond acceptors (Lipinski definition) is 3. The van der Waals surface area contributed by atoms with Crippen LogP contribution in [0.5, 0.6) is 0 Å². The van der Waals surface area contributed by atoms with Gasteiger partial charge in [0.05, 0.1) is 5.52 Å². The second-order valence-electron chi connectivity index (χ2n) is 4.03. The molecule has 2 heterocycles. The van der Waals surface area contributed by atoms with Gasteiger partial charge in [0.2, 0.25) is 0 Å². The number of aromatic nitrogens is 2. The second kappa shape index (κ2) is 4.00. The molecule has 0 aliphatic heterocycles. The third-order valence-electron chi connectivity index (χ3n) is 2.92. The van der Waals surface area contributed by atoms with Crippen LogP contribution in [0.2, 0.25) is 0 Å². The van der Waals surface area contributed by atoms with Crippen molar-refractivity contribution in [3.63, 3.8) is 0 Å². The molecule has 0 bridgehead atoms. The highest BCUT2D eigenvalue weighted by atomic mass is 16.1. The maximum absolute atomic E-state index is 12.2. The maximum Gasteiger partial charge on any atom is 0.277 e. The molecule has 0 atom stereocenters. The minimum absolute atomic E-state index is 0.208. The van der Waals surface area contributed by atoms with Gasteiger partial charge in [0.15, 0.2) is 0 Å². The molecule has 0 saturated heterocycles. The number of nitrogens with zero attached hydrogens (tertiary/aromatic N) is 2. The molecule has 0 unspecified atom stereocenters. The molecule has 0 amide bonds. The highest BCUT2D eigenvalue weighted by Gasteiger charge is 2.08. The zero-order valence-electron chi connectivity index (χ0n) is 9.58. The van der Waals surface area contributed by atoms with Crippen LogP contribution in [0.3, 0.4) is 0 Å². The Kier molecular flexibility index (Phi) is 2.34. The molecule has 4 nitrogen and oxygen atoms in total. The quantitative estimate of drug-likeness (QED) is 0.656. The molecule has 4 heteroatoms. The van der Waals surface area contributed by atoms with Gasteiger partial charge in [0.1, 0.15) is 0 Å². The van der Waals surface area contributed by atoms with E-state index in [9.17, 15) is 4.79 Å². The van der Waals surface area contributed by atoms with Crippen LogP contribution in [-0.2, 0) is 0 Å². The molecule has 2 N–H and O–H groups in total. The van der Waals surface area contributed by atoms with E-state index in [1.807, 2.05) is 36.4 Å². The summed E-state index contributed by atoms with van der Waals surface area (Å²) in [4.78, 5) is 16.2. The predicted octanol–water partition coefficient (Wildman–Crippen LogP) is 1.78. The molecule has 3 aromatic rings. The zero-order chi connectivity index (χ0) is 12.5. The summed E-state index contributed by atoms with van der Waals surface area (Å²) in [5.41, 5.74) is 1.90. The lowest BCUT2D eigenvalue weighted by Gasteiger charge is -2.07. The molecular formula is C14H11N3O. The van der Waals surface area contributed by atoms with Crippen LogP contribution in [-0.4, -0.2) is 9.66 Å². The third kappa shape index (κ3) is 1.55. The van der Waals surface area contributed by atoms with Gasteiger partial charge in [-0.1, -0.05) is 30.3 Å². The first kappa shape index (κ1) is 10.5. The molecule has 0 spiro atoms. The van der Waals surface area contributed by atoms with Crippen LogP contribution >= 0.6 is 0 Å². The van der Waals surface area contributed by atoms with E-state index in [2.05, 4.69) is 4.98 Å². The Bertz CT molecular complexity index is 763. The summed E-state index contributed by atoms with van der Waals surface area (Å²) in [6.07, 6.45) is 3.32. The van der Waals surface area contributed by atoms with Gasteiger partial charge in [-0.3, -0.25) is 9.78 Å². The normalized spacial score (nSPS) is 10.7. The SMILES string of the molecule is Nn1c(=O)c(-c2ccccc2)cc2cnccc21. The highest BCUT2D eigenvalue weighted by Crippen LogP contribution is 2.19. The Hall–Kier alpha value is -2.62. The monoisotopic (exact) mass is 237 g/mol. The molecule has 0 aliphatic carbocycles. The highest BCUT2D eigenvalue weighted by molar-refractivity contribution is 5.83. The van der Waals surface area contributed by atoms with Gasteiger partial charge in [-0.15, -0.1) is 0 Å². The molecule has 2 aromatic heterocycles. The minimum Gasteiger partial charge on any atom is -0.336 e. The van der Waals surface area contributed by atoms with Gasteiger partial charge in [0.25, 0.3) is 5.56 Å². The lowest BCUT2D eigenvalue weighted by Crippen LogP contribution is -2.28. The van der Waals surface area contributed by atoms with E-state index < -0.39 is 0 Å². The predicted molar refractivity (Wildman–Crippen MR) is 71.6 cm³/mol. The van der Waals surface area contributed by atoms with Crippen molar-refractivity contribution in [1.82, 2.24) is 9.66 Å². The molecule has 0 aliphatic rings. The van der Waals surface area contributed by atoms with Crippen molar-refractivity contribution in [3.8, 4) is 11.1 Å². The summed E-state index contributed by atoms with van der Waals surface area (Å²) >= 11 is 0. The number of benzene rings is 1. The number of nitrogens with two attached hydrogens (primary N) is 1. The van der Waals surface area contributed by atoms with Crippen LogP contribution in [0.4, 0.5) is 0 Å². The number of rotatable bonds is 1. The first-order chi connectivity index (χ1) is 8.77. The Morgan fingerprint density at radius 2 is 1.89 bits per heavy atom. The maximum atomic E-state index is 12.2. The van der Waals surface area contributed by atoms with Crippen molar-refractivity contribution < 1.29 is 0 Å². The number of hydrogen-bond donors (Lipinski definition) is 1. The van der Waals surface area contributed by atoms with E-state index in [0.29, 0.717) is 11.1 Å². The van der Waals surface area contributed by atoms with E-state index in [0.717, 1.165) is 10.9 Å². The lowest BCUT2D eigenvalue weighted by molar-refractivity contribution is 0.989. The number of nitrogen functional groups attached to an aromatic ring is 1. The molecule has 0 radical (unpaired) electrons. The van der Waals surface area contributed by atoms with Crippen LogP contribution in [0, 0.1) is 0 Å². The smallest absolute Gasteiger partial charge is 0.277 e. The van der Waals surface area contributed by atoms with E-state index in [4.69, 9.17) is 5.84 Å². The van der Waals surface area contributed by atoms with Gasteiger partial charge < -0.3 is 5.84 Å². The Labute approximate surface area is 103 Å². The summed E-state index contributed by atoms with van der Waals surface area (Å²) in [5, 5.41) is 0.846. The number of fused-ring (bicyclic) bond motifs is 1. The van der Waals surface area contributed by atoms with Crippen LogP contribution in [0.25, 0.3) is 22.0 Å². The van der Waals surface area contributed by atoms with Gasteiger partial charge in [0, 0.05) is 23.3 Å². The summed E-state index contributed by atoms with van der Waals surface area (Å²) < 4.78 is 1.17. The zero-order valence-corrected chi connectivity index (χ0v) is 9.58. The molecular weight excluding hydrogens is 226 g/mol. The fourth-order valence-corrected chi connectivity index (χ4v) is 2.01.